The molecule has 0 saturated carbocycles. The van der Waals surface area contributed by atoms with Crippen LogP contribution in [0.2, 0.25) is 0 Å². The van der Waals surface area contributed by atoms with Crippen molar-refractivity contribution in [2.24, 2.45) is 0 Å². The number of cyclic esters (lactones) is 2. The number of thiazole rings is 1. The number of esters is 2. The number of hydrogen-bond acceptors (Lipinski definition) is 8. The van der Waals surface area contributed by atoms with E-state index in [1.54, 1.807) is 25.2 Å². The fraction of sp³-hybridized carbons (Fsp3) is 0.484. The minimum atomic E-state index is -5.13. The standard InChI is InChI=1S/C31H40F3N3O5S/c1-20(14-15-35-5)12-13-22(3)17-25-18-27-36-24(19-43-27)9-7-10-26(37-30(40)31(32,33)34)29(39)41-23(4)16-21(2)8-6-11-28(38)42-25/h6,8,11-14,17,19,23,25-26,35H,7,9-10,15-16,18H2,1-5H3,(H,37,40)/b11-6-,13-12+,20-14+,21-8+,22-17+/t23-,25+,26-/m0/s1. The average Bonchev–Trinajstić information content (AvgIpc) is 3.35. The van der Waals surface area contributed by atoms with Crippen molar-refractivity contribution in [1.29, 1.82) is 0 Å². The van der Waals surface area contributed by atoms with E-state index in [4.69, 9.17) is 9.47 Å². The Kier molecular flexibility index (Phi) is 14.6. The molecule has 2 N–H and O–H groups in total. The number of amides is 1. The van der Waals surface area contributed by atoms with Crippen molar-refractivity contribution in [3.63, 3.8) is 0 Å². The van der Waals surface area contributed by atoms with Gasteiger partial charge in [0.25, 0.3) is 0 Å². The lowest BCUT2D eigenvalue weighted by Gasteiger charge is -2.21. The molecule has 1 aromatic rings. The van der Waals surface area contributed by atoms with Crippen LogP contribution in [0.15, 0.2) is 64.6 Å². The van der Waals surface area contributed by atoms with Crippen molar-refractivity contribution in [2.45, 2.75) is 84.2 Å². The maximum Gasteiger partial charge on any atom is 0.471 e. The van der Waals surface area contributed by atoms with Gasteiger partial charge in [-0.1, -0.05) is 47.1 Å². The van der Waals surface area contributed by atoms with Crippen molar-refractivity contribution in [3.05, 3.63) is 75.3 Å². The van der Waals surface area contributed by atoms with E-state index < -0.39 is 42.3 Å². The van der Waals surface area contributed by atoms with Gasteiger partial charge >= 0.3 is 24.0 Å². The quantitative estimate of drug-likeness (QED) is 0.320. The second-order valence-corrected chi connectivity index (χ2v) is 11.3. The third kappa shape index (κ3) is 14.0. The summed E-state index contributed by atoms with van der Waals surface area (Å²) in [6, 6.07) is -1.46. The van der Waals surface area contributed by atoms with Crippen LogP contribution < -0.4 is 10.6 Å². The summed E-state index contributed by atoms with van der Waals surface area (Å²) in [4.78, 5) is 41.6. The van der Waals surface area contributed by atoms with Crippen LogP contribution in [-0.2, 0) is 36.7 Å². The fourth-order valence-corrected chi connectivity index (χ4v) is 4.98. The van der Waals surface area contributed by atoms with Gasteiger partial charge in [0, 0.05) is 30.8 Å². The maximum atomic E-state index is 12.9. The minimum absolute atomic E-state index is 0.0610. The number of carbonyl (C=O) groups is 3. The molecule has 0 radical (unpaired) electrons. The molecule has 2 bridgehead atoms. The number of halogens is 3. The number of allylic oxidation sites excluding steroid dienone is 6. The first kappa shape index (κ1) is 35.7. The highest BCUT2D eigenvalue weighted by atomic mass is 32.1. The normalized spacial score (nSPS) is 24.2. The Morgan fingerprint density at radius 3 is 2.58 bits per heavy atom. The summed E-state index contributed by atoms with van der Waals surface area (Å²) >= 11 is 1.37. The molecule has 0 unspecified atom stereocenters. The molecule has 2 rings (SSSR count). The highest BCUT2D eigenvalue weighted by molar-refractivity contribution is 7.09. The lowest BCUT2D eigenvalue weighted by molar-refractivity contribution is -0.176. The molecular weight excluding hydrogens is 583 g/mol. The van der Waals surface area contributed by atoms with Gasteiger partial charge in [0.2, 0.25) is 0 Å². The predicted molar refractivity (Wildman–Crippen MR) is 160 cm³/mol. The number of ether oxygens (including phenoxy) is 2. The van der Waals surface area contributed by atoms with Crippen LogP contribution in [-0.4, -0.2) is 60.8 Å². The van der Waals surface area contributed by atoms with E-state index in [2.05, 4.69) is 16.4 Å². The molecule has 0 aliphatic carbocycles. The van der Waals surface area contributed by atoms with Gasteiger partial charge in [-0.3, -0.25) is 4.79 Å². The second kappa shape index (κ2) is 17.6. The van der Waals surface area contributed by atoms with E-state index in [-0.39, 0.29) is 19.3 Å². The number of rotatable bonds is 6. The summed E-state index contributed by atoms with van der Waals surface area (Å²) in [6.07, 6.45) is 7.07. The molecule has 0 saturated heterocycles. The van der Waals surface area contributed by atoms with Crippen molar-refractivity contribution in [1.82, 2.24) is 15.6 Å². The van der Waals surface area contributed by atoms with Crippen LogP contribution in [0.25, 0.3) is 0 Å². The highest BCUT2D eigenvalue weighted by Gasteiger charge is 2.41. The number of carbonyl (C=O) groups excluding carboxylic acids is 3. The number of nitrogens with zero attached hydrogens (tertiary/aromatic N) is 1. The minimum Gasteiger partial charge on any atom is -0.461 e. The Morgan fingerprint density at radius 1 is 1.16 bits per heavy atom. The van der Waals surface area contributed by atoms with Gasteiger partial charge < -0.3 is 20.1 Å². The topological polar surface area (TPSA) is 107 Å². The van der Waals surface area contributed by atoms with Crippen LogP contribution in [0.3, 0.4) is 0 Å². The largest absolute Gasteiger partial charge is 0.471 e. The van der Waals surface area contributed by atoms with Gasteiger partial charge in [-0.25, -0.2) is 14.6 Å². The second-order valence-electron chi connectivity index (χ2n) is 10.4. The molecule has 43 heavy (non-hydrogen) atoms. The Hall–Kier alpha value is -3.51. The molecule has 0 spiro atoms. The summed E-state index contributed by atoms with van der Waals surface area (Å²) < 4.78 is 49.9. The van der Waals surface area contributed by atoms with E-state index in [1.807, 2.05) is 44.5 Å². The number of aromatic nitrogens is 1. The maximum absolute atomic E-state index is 12.9. The first-order chi connectivity index (χ1) is 20.3. The Labute approximate surface area is 254 Å². The number of fused-ring (bicyclic) bond motifs is 2. The van der Waals surface area contributed by atoms with Gasteiger partial charge in [-0.05, 0) is 60.1 Å². The number of alkyl halides is 3. The summed E-state index contributed by atoms with van der Waals surface area (Å²) in [5.41, 5.74) is 3.41. The first-order valence-electron chi connectivity index (χ1n) is 14.0. The van der Waals surface area contributed by atoms with Crippen LogP contribution >= 0.6 is 11.3 Å². The van der Waals surface area contributed by atoms with Crippen LogP contribution in [0.4, 0.5) is 13.2 Å². The Bertz CT molecular complexity index is 1260. The molecule has 1 aliphatic heterocycles. The van der Waals surface area contributed by atoms with Gasteiger partial charge in [-0.15, -0.1) is 11.3 Å². The van der Waals surface area contributed by atoms with Gasteiger partial charge in [0.1, 0.15) is 18.2 Å². The third-order valence-electron chi connectivity index (χ3n) is 6.24. The molecule has 12 heteroatoms. The highest BCUT2D eigenvalue weighted by Crippen LogP contribution is 2.20. The Balaban J connectivity index is 2.32. The van der Waals surface area contributed by atoms with E-state index >= 15 is 0 Å². The molecular formula is C31H40F3N3O5S. The number of hydrogen-bond donors (Lipinski definition) is 2. The summed E-state index contributed by atoms with van der Waals surface area (Å²) in [7, 11) is 1.87. The van der Waals surface area contributed by atoms with Gasteiger partial charge in [0.05, 0.1) is 10.7 Å². The molecule has 3 atom stereocenters. The molecule has 0 fully saturated rings. The summed E-state index contributed by atoms with van der Waals surface area (Å²) in [5, 5.41) is 7.35. The monoisotopic (exact) mass is 623 g/mol. The van der Waals surface area contributed by atoms with Crippen LogP contribution in [0.1, 0.15) is 57.7 Å². The van der Waals surface area contributed by atoms with Crippen molar-refractivity contribution >= 4 is 29.2 Å². The van der Waals surface area contributed by atoms with E-state index in [9.17, 15) is 27.6 Å². The number of likely N-dealkylation sites (N-methyl/N-ethyl adjacent to an activating group) is 1. The average molecular weight is 624 g/mol. The van der Waals surface area contributed by atoms with Crippen molar-refractivity contribution in [2.75, 3.05) is 13.6 Å². The number of nitrogens with one attached hydrogen (secondary N) is 2. The molecule has 236 valence electrons. The fourth-order valence-electron chi connectivity index (χ4n) is 4.11. The van der Waals surface area contributed by atoms with Crippen molar-refractivity contribution in [3.8, 4) is 0 Å². The lowest BCUT2D eigenvalue weighted by Crippen LogP contribution is -2.48. The SMILES string of the molecule is CNC/C=C(C)/C=C/C(C)=C/[C@@H]1Cc2nc(cs2)CCC[C@H](NC(=O)C(F)(F)F)C(=O)O[C@@H](C)C/C(C)=C/C=C\C(=O)O1. The summed E-state index contributed by atoms with van der Waals surface area (Å²) in [5.74, 6) is -3.68. The lowest BCUT2D eigenvalue weighted by atomic mass is 10.1. The predicted octanol–water partition coefficient (Wildman–Crippen LogP) is 5.47. The first-order valence-corrected chi connectivity index (χ1v) is 14.9. The zero-order valence-electron chi connectivity index (χ0n) is 25.1. The van der Waals surface area contributed by atoms with Gasteiger partial charge in [-0.2, -0.15) is 13.2 Å². The molecule has 0 aromatic carbocycles. The molecule has 1 aromatic heterocycles. The van der Waals surface area contributed by atoms with Crippen LogP contribution in [0.5, 0.6) is 0 Å². The number of aryl methyl sites for hydroxylation is 1. The van der Waals surface area contributed by atoms with Crippen LogP contribution in [0, 0.1) is 0 Å². The van der Waals surface area contributed by atoms with Crippen molar-refractivity contribution < 1.29 is 37.0 Å². The zero-order chi connectivity index (χ0) is 32.0. The van der Waals surface area contributed by atoms with E-state index in [0.717, 1.165) is 23.3 Å². The summed E-state index contributed by atoms with van der Waals surface area (Å²) in [6.45, 7) is 8.02. The third-order valence-corrected chi connectivity index (χ3v) is 7.16. The molecule has 8 nitrogen and oxygen atoms in total. The molecule has 1 aliphatic rings. The van der Waals surface area contributed by atoms with E-state index in [0.29, 0.717) is 23.5 Å². The Morgan fingerprint density at radius 2 is 1.88 bits per heavy atom. The van der Waals surface area contributed by atoms with E-state index in [1.165, 1.54) is 23.5 Å². The smallest absolute Gasteiger partial charge is 0.461 e. The zero-order valence-corrected chi connectivity index (χ0v) is 25.9. The molecule has 1 amide bonds. The molecule has 2 heterocycles. The van der Waals surface area contributed by atoms with Gasteiger partial charge in [0.15, 0.2) is 0 Å².